The number of rotatable bonds is 5. The third kappa shape index (κ3) is 4.26. The van der Waals surface area contributed by atoms with E-state index in [1.807, 2.05) is 19.1 Å². The van der Waals surface area contributed by atoms with Gasteiger partial charge in [0.25, 0.3) is 0 Å². The minimum atomic E-state index is -0.339. The summed E-state index contributed by atoms with van der Waals surface area (Å²) in [5.74, 6) is -0.0513. The summed E-state index contributed by atoms with van der Waals surface area (Å²) < 4.78 is 5.24. The third-order valence-corrected chi connectivity index (χ3v) is 3.77. The van der Waals surface area contributed by atoms with Crippen molar-refractivity contribution in [1.82, 2.24) is 0 Å². The molecular formula is C18H19ClN2O3. The van der Waals surface area contributed by atoms with E-state index >= 15 is 0 Å². The van der Waals surface area contributed by atoms with Gasteiger partial charge in [-0.3, -0.25) is 9.59 Å². The lowest BCUT2D eigenvalue weighted by molar-refractivity contribution is -0.120. The van der Waals surface area contributed by atoms with Gasteiger partial charge in [0, 0.05) is 6.92 Å². The van der Waals surface area contributed by atoms with Gasteiger partial charge in [0.2, 0.25) is 11.8 Å². The highest BCUT2D eigenvalue weighted by Crippen LogP contribution is 2.27. The fourth-order valence-corrected chi connectivity index (χ4v) is 2.53. The zero-order valence-electron chi connectivity index (χ0n) is 13.8. The molecule has 5 nitrogen and oxygen atoms in total. The Balaban J connectivity index is 2.19. The van der Waals surface area contributed by atoms with Crippen LogP contribution in [0.2, 0.25) is 5.02 Å². The zero-order valence-corrected chi connectivity index (χ0v) is 14.6. The van der Waals surface area contributed by atoms with Crippen molar-refractivity contribution < 1.29 is 14.3 Å². The lowest BCUT2D eigenvalue weighted by atomic mass is 10.2. The van der Waals surface area contributed by atoms with E-state index in [0.29, 0.717) is 22.1 Å². The second kappa shape index (κ2) is 7.84. The molecule has 2 aromatic carbocycles. The Hall–Kier alpha value is -2.53. The van der Waals surface area contributed by atoms with Crippen molar-refractivity contribution in [2.24, 2.45) is 0 Å². The molecule has 0 aromatic heterocycles. The molecule has 0 aliphatic rings. The molecule has 126 valence electrons. The maximum atomic E-state index is 12.4. The van der Waals surface area contributed by atoms with Crippen LogP contribution >= 0.6 is 11.6 Å². The molecule has 0 aliphatic heterocycles. The first-order valence-corrected chi connectivity index (χ1v) is 7.77. The van der Waals surface area contributed by atoms with Gasteiger partial charge in [-0.25, -0.2) is 0 Å². The molecule has 0 bridgehead atoms. The molecule has 2 rings (SSSR count). The van der Waals surface area contributed by atoms with Crippen molar-refractivity contribution in [3.8, 4) is 5.75 Å². The molecule has 24 heavy (non-hydrogen) atoms. The second-order valence-electron chi connectivity index (χ2n) is 5.31. The van der Waals surface area contributed by atoms with E-state index in [9.17, 15) is 9.59 Å². The molecule has 2 aromatic rings. The van der Waals surface area contributed by atoms with Gasteiger partial charge in [0.05, 0.1) is 23.5 Å². The molecule has 2 amide bonds. The second-order valence-corrected chi connectivity index (χ2v) is 5.72. The first-order valence-electron chi connectivity index (χ1n) is 7.39. The highest BCUT2D eigenvalue weighted by atomic mass is 35.5. The Bertz CT molecular complexity index is 762. The number of nitrogens with one attached hydrogen (secondary N) is 1. The van der Waals surface area contributed by atoms with Crippen LogP contribution in [0.4, 0.5) is 11.4 Å². The summed E-state index contributed by atoms with van der Waals surface area (Å²) in [5.41, 5.74) is 2.05. The van der Waals surface area contributed by atoms with Crippen LogP contribution in [0.3, 0.4) is 0 Å². The number of carbonyl (C=O) groups excluding carboxylic acids is 2. The lowest BCUT2D eigenvalue weighted by Crippen LogP contribution is -2.36. The van der Waals surface area contributed by atoms with E-state index in [-0.39, 0.29) is 18.4 Å². The summed E-state index contributed by atoms with van der Waals surface area (Å²) in [5, 5.41) is 3.19. The van der Waals surface area contributed by atoms with Crippen LogP contribution in [0, 0.1) is 6.92 Å². The van der Waals surface area contributed by atoms with E-state index in [0.717, 1.165) is 5.56 Å². The van der Waals surface area contributed by atoms with Crippen molar-refractivity contribution in [3.05, 3.63) is 53.1 Å². The number of benzene rings is 2. The van der Waals surface area contributed by atoms with Crippen LogP contribution in [0.15, 0.2) is 42.5 Å². The first-order chi connectivity index (χ1) is 11.4. The van der Waals surface area contributed by atoms with Gasteiger partial charge in [0.15, 0.2) is 0 Å². The van der Waals surface area contributed by atoms with Gasteiger partial charge < -0.3 is 15.0 Å². The van der Waals surface area contributed by atoms with Crippen LogP contribution in [0.1, 0.15) is 12.5 Å². The molecule has 0 aliphatic carbocycles. The number of ether oxygens (including phenoxy) is 1. The van der Waals surface area contributed by atoms with E-state index in [1.54, 1.807) is 30.3 Å². The van der Waals surface area contributed by atoms with E-state index in [1.165, 1.54) is 18.9 Å². The Morgan fingerprint density at radius 1 is 1.21 bits per heavy atom. The Labute approximate surface area is 146 Å². The number of methoxy groups -OCH3 is 1. The molecule has 0 radical (unpaired) electrons. The van der Waals surface area contributed by atoms with Crippen molar-refractivity contribution in [1.29, 1.82) is 0 Å². The first kappa shape index (κ1) is 17.8. The number of amides is 2. The number of halogens is 1. The van der Waals surface area contributed by atoms with Gasteiger partial charge in [0.1, 0.15) is 12.3 Å². The predicted molar refractivity (Wildman–Crippen MR) is 95.8 cm³/mol. The number of hydrogen-bond donors (Lipinski definition) is 1. The highest BCUT2D eigenvalue weighted by molar-refractivity contribution is 6.33. The monoisotopic (exact) mass is 346 g/mol. The summed E-state index contributed by atoms with van der Waals surface area (Å²) >= 11 is 6.13. The van der Waals surface area contributed by atoms with Crippen LogP contribution < -0.4 is 15.0 Å². The van der Waals surface area contributed by atoms with Crippen LogP contribution in [-0.2, 0) is 9.59 Å². The lowest BCUT2D eigenvalue weighted by Gasteiger charge is -2.22. The maximum absolute atomic E-state index is 12.4. The standard InChI is InChI=1S/C18H19ClN2O3/c1-12-8-9-17(24-3)15(10-12)20-18(23)11-21(13(2)22)16-7-5-4-6-14(16)19/h4-10H,11H2,1-3H3,(H,20,23). The summed E-state index contributed by atoms with van der Waals surface area (Å²) in [6.07, 6.45) is 0. The quantitative estimate of drug-likeness (QED) is 0.899. The van der Waals surface area contributed by atoms with Crippen molar-refractivity contribution in [2.75, 3.05) is 23.9 Å². The topological polar surface area (TPSA) is 58.6 Å². The Kier molecular flexibility index (Phi) is 5.82. The number of nitrogens with zero attached hydrogens (tertiary/aromatic N) is 1. The number of para-hydroxylation sites is 1. The third-order valence-electron chi connectivity index (χ3n) is 3.45. The summed E-state index contributed by atoms with van der Waals surface area (Å²) in [4.78, 5) is 25.6. The van der Waals surface area contributed by atoms with Crippen LogP contribution in [0.5, 0.6) is 5.75 Å². The summed E-state index contributed by atoms with van der Waals surface area (Å²) in [6.45, 7) is 3.17. The van der Waals surface area contributed by atoms with Gasteiger partial charge in [-0.05, 0) is 36.8 Å². The summed E-state index contributed by atoms with van der Waals surface area (Å²) in [7, 11) is 1.53. The van der Waals surface area contributed by atoms with Crippen molar-refractivity contribution >= 4 is 34.8 Å². The smallest absolute Gasteiger partial charge is 0.244 e. The fourth-order valence-electron chi connectivity index (χ4n) is 2.29. The SMILES string of the molecule is COc1ccc(C)cc1NC(=O)CN(C(C)=O)c1ccccc1Cl. The maximum Gasteiger partial charge on any atom is 0.244 e. The van der Waals surface area contributed by atoms with Gasteiger partial charge in [-0.15, -0.1) is 0 Å². The molecule has 0 unspecified atom stereocenters. The minimum Gasteiger partial charge on any atom is -0.495 e. The molecule has 1 N–H and O–H groups in total. The molecular weight excluding hydrogens is 328 g/mol. The average Bonchev–Trinajstić information content (AvgIpc) is 2.53. The van der Waals surface area contributed by atoms with Gasteiger partial charge in [-0.2, -0.15) is 0 Å². The van der Waals surface area contributed by atoms with Crippen LogP contribution in [0.25, 0.3) is 0 Å². The molecule has 6 heteroatoms. The van der Waals surface area contributed by atoms with Gasteiger partial charge in [-0.1, -0.05) is 29.8 Å². The molecule has 0 heterocycles. The zero-order chi connectivity index (χ0) is 17.7. The van der Waals surface area contributed by atoms with Gasteiger partial charge >= 0.3 is 0 Å². The molecule has 0 atom stereocenters. The number of carbonyl (C=O) groups is 2. The Morgan fingerprint density at radius 2 is 1.92 bits per heavy atom. The summed E-state index contributed by atoms with van der Waals surface area (Å²) in [6, 6.07) is 12.4. The fraction of sp³-hybridized carbons (Fsp3) is 0.222. The number of aryl methyl sites for hydroxylation is 1. The predicted octanol–water partition coefficient (Wildman–Crippen LogP) is 3.65. The normalized spacial score (nSPS) is 10.2. The largest absolute Gasteiger partial charge is 0.495 e. The molecule has 0 fully saturated rings. The molecule has 0 saturated carbocycles. The van der Waals surface area contributed by atoms with Crippen molar-refractivity contribution in [2.45, 2.75) is 13.8 Å². The number of hydrogen-bond acceptors (Lipinski definition) is 3. The molecule has 0 saturated heterocycles. The molecule has 0 spiro atoms. The number of anilines is 2. The highest BCUT2D eigenvalue weighted by Gasteiger charge is 2.19. The van der Waals surface area contributed by atoms with E-state index in [2.05, 4.69) is 5.32 Å². The van der Waals surface area contributed by atoms with Crippen molar-refractivity contribution in [3.63, 3.8) is 0 Å². The average molecular weight is 347 g/mol. The minimum absolute atomic E-state index is 0.143. The van der Waals surface area contributed by atoms with E-state index in [4.69, 9.17) is 16.3 Å². The Morgan fingerprint density at radius 3 is 2.54 bits per heavy atom. The van der Waals surface area contributed by atoms with Crippen LogP contribution in [-0.4, -0.2) is 25.5 Å². The van der Waals surface area contributed by atoms with E-state index < -0.39 is 0 Å².